The number of aromatic amines is 1. The van der Waals surface area contributed by atoms with E-state index in [0.717, 1.165) is 11.9 Å². The lowest BCUT2D eigenvalue weighted by molar-refractivity contribution is 0.500. The Hall–Kier alpha value is -2.76. The van der Waals surface area contributed by atoms with Gasteiger partial charge in [-0.2, -0.15) is 0 Å². The molecule has 0 unspecified atom stereocenters. The van der Waals surface area contributed by atoms with Crippen molar-refractivity contribution < 1.29 is 0 Å². The number of aromatic nitrogens is 2. The minimum atomic E-state index is -0.116. The number of benzene rings is 2. The number of H-pyrrole nitrogens is 1. The van der Waals surface area contributed by atoms with E-state index in [2.05, 4.69) is 64.0 Å². The van der Waals surface area contributed by atoms with Gasteiger partial charge in [0, 0.05) is 4.88 Å². The van der Waals surface area contributed by atoms with Gasteiger partial charge in [-0.15, -0.1) is 11.3 Å². The predicted octanol–water partition coefficient (Wildman–Crippen LogP) is 4.99. The first-order valence-corrected chi connectivity index (χ1v) is 10.4. The third kappa shape index (κ3) is 3.77. The van der Waals surface area contributed by atoms with Crippen molar-refractivity contribution in [3.8, 4) is 0 Å². The maximum atomic E-state index is 12.4. The Balaban J connectivity index is 1.67. The van der Waals surface area contributed by atoms with Crippen LogP contribution in [0.1, 0.15) is 47.8 Å². The molecule has 0 saturated heterocycles. The second-order valence-corrected chi connectivity index (χ2v) is 7.88. The lowest BCUT2D eigenvalue weighted by Gasteiger charge is -2.23. The summed E-state index contributed by atoms with van der Waals surface area (Å²) in [6, 6.07) is 20.3. The van der Waals surface area contributed by atoms with Crippen LogP contribution in [-0.4, -0.2) is 9.97 Å². The van der Waals surface area contributed by atoms with Crippen LogP contribution in [-0.2, 0) is 6.42 Å². The number of nitrogens with zero attached hydrogens (tertiary/aromatic N) is 1. The summed E-state index contributed by atoms with van der Waals surface area (Å²) in [5.74, 6) is 0.649. The van der Waals surface area contributed by atoms with Crippen LogP contribution in [0.5, 0.6) is 0 Å². The molecule has 4 rings (SSSR count). The van der Waals surface area contributed by atoms with Crippen molar-refractivity contribution in [2.75, 3.05) is 0 Å². The van der Waals surface area contributed by atoms with E-state index in [4.69, 9.17) is 0 Å². The molecule has 2 N–H and O–H groups in total. The highest BCUT2D eigenvalue weighted by molar-refractivity contribution is 7.10. The van der Waals surface area contributed by atoms with Gasteiger partial charge in [-0.1, -0.05) is 49.4 Å². The van der Waals surface area contributed by atoms with Crippen molar-refractivity contribution in [1.82, 2.24) is 15.3 Å². The van der Waals surface area contributed by atoms with Gasteiger partial charge in [-0.3, -0.25) is 10.1 Å². The Kier molecular flexibility index (Phi) is 5.37. The van der Waals surface area contributed by atoms with Gasteiger partial charge in [-0.25, -0.2) is 4.98 Å². The van der Waals surface area contributed by atoms with Gasteiger partial charge in [0.25, 0.3) is 5.56 Å². The average Bonchev–Trinajstić information content (AvgIpc) is 3.26. The number of hydrogen-bond acceptors (Lipinski definition) is 4. The molecule has 0 fully saturated rings. The lowest BCUT2D eigenvalue weighted by Crippen LogP contribution is -2.28. The highest BCUT2D eigenvalue weighted by atomic mass is 32.1. The molecule has 0 spiro atoms. The van der Waals surface area contributed by atoms with Gasteiger partial charge in [0.2, 0.25) is 0 Å². The molecular formula is C23H23N3OS. The molecule has 0 aliphatic heterocycles. The number of hydrogen-bond donors (Lipinski definition) is 2. The molecule has 5 heteroatoms. The molecule has 28 heavy (non-hydrogen) atoms. The average molecular weight is 390 g/mol. The van der Waals surface area contributed by atoms with Crippen LogP contribution >= 0.6 is 11.3 Å². The Labute approximate surface area is 168 Å². The first-order chi connectivity index (χ1) is 13.7. The molecule has 0 saturated carbocycles. The molecule has 0 aliphatic rings. The fourth-order valence-corrected chi connectivity index (χ4v) is 4.19. The van der Waals surface area contributed by atoms with E-state index in [1.807, 2.05) is 25.1 Å². The second-order valence-electron chi connectivity index (χ2n) is 6.90. The maximum Gasteiger partial charge on any atom is 0.258 e. The van der Waals surface area contributed by atoms with E-state index in [1.54, 1.807) is 17.4 Å². The van der Waals surface area contributed by atoms with Crippen LogP contribution in [0.4, 0.5) is 0 Å². The molecule has 0 bridgehead atoms. The number of para-hydroxylation sites is 1. The van der Waals surface area contributed by atoms with E-state index in [-0.39, 0.29) is 17.6 Å². The summed E-state index contributed by atoms with van der Waals surface area (Å²) in [6.45, 7) is 4.20. The normalized spacial score (nSPS) is 13.5. The summed E-state index contributed by atoms with van der Waals surface area (Å²) >= 11 is 1.72. The molecule has 2 aromatic heterocycles. The van der Waals surface area contributed by atoms with Crippen molar-refractivity contribution >= 4 is 22.2 Å². The van der Waals surface area contributed by atoms with E-state index in [9.17, 15) is 4.79 Å². The fraction of sp³-hybridized carbons (Fsp3) is 0.217. The summed E-state index contributed by atoms with van der Waals surface area (Å²) in [6.07, 6.45) is 1.02. The highest BCUT2D eigenvalue weighted by Gasteiger charge is 2.20. The molecule has 0 aliphatic carbocycles. The van der Waals surface area contributed by atoms with Gasteiger partial charge < -0.3 is 4.98 Å². The van der Waals surface area contributed by atoms with E-state index in [1.165, 1.54) is 16.0 Å². The van der Waals surface area contributed by atoms with E-state index < -0.39 is 0 Å². The summed E-state index contributed by atoms with van der Waals surface area (Å²) in [4.78, 5) is 21.3. The number of aryl methyl sites for hydroxylation is 1. The van der Waals surface area contributed by atoms with Crippen molar-refractivity contribution in [2.24, 2.45) is 0 Å². The van der Waals surface area contributed by atoms with Crippen molar-refractivity contribution in [1.29, 1.82) is 0 Å². The van der Waals surface area contributed by atoms with Crippen LogP contribution in [0.15, 0.2) is 70.8 Å². The minimum absolute atomic E-state index is 0.0395. The molecule has 2 aromatic carbocycles. The third-order valence-corrected chi connectivity index (χ3v) is 5.94. The zero-order chi connectivity index (χ0) is 19.5. The Morgan fingerprint density at radius 3 is 2.57 bits per heavy atom. The molecule has 2 heterocycles. The topological polar surface area (TPSA) is 57.8 Å². The van der Waals surface area contributed by atoms with Gasteiger partial charge in [0.05, 0.1) is 23.0 Å². The number of rotatable bonds is 6. The molecule has 2 atom stereocenters. The standard InChI is InChI=1S/C23H23N3OS/c1-3-16-10-12-17(13-11-16)21(20-9-6-14-28-20)24-15(2)22-25-19-8-5-4-7-18(19)23(27)26-22/h4-15,21,24H,3H2,1-2H3,(H,25,26,27)/t15-,21-/m0/s1. The first-order valence-electron chi connectivity index (χ1n) is 9.53. The van der Waals surface area contributed by atoms with E-state index >= 15 is 0 Å². The molecule has 0 amide bonds. The zero-order valence-corrected chi connectivity index (χ0v) is 16.8. The highest BCUT2D eigenvalue weighted by Crippen LogP contribution is 2.29. The lowest BCUT2D eigenvalue weighted by atomic mass is 10.0. The van der Waals surface area contributed by atoms with Gasteiger partial charge in [0.15, 0.2) is 0 Å². The van der Waals surface area contributed by atoms with Gasteiger partial charge in [0.1, 0.15) is 5.82 Å². The monoisotopic (exact) mass is 389 g/mol. The first kappa shape index (κ1) is 18.6. The Bertz CT molecular complexity index is 1120. The SMILES string of the molecule is CCc1ccc([C@H](N[C@@H](C)c2nc3ccccc3c(=O)[nH]2)c2cccs2)cc1. The molecule has 0 radical (unpaired) electrons. The van der Waals surface area contributed by atoms with Crippen molar-refractivity contribution in [3.63, 3.8) is 0 Å². The second kappa shape index (κ2) is 8.09. The summed E-state index contributed by atoms with van der Waals surface area (Å²) in [5.41, 5.74) is 3.14. The molecule has 4 nitrogen and oxygen atoms in total. The summed E-state index contributed by atoms with van der Waals surface area (Å²) in [7, 11) is 0. The van der Waals surface area contributed by atoms with Crippen LogP contribution in [0, 0.1) is 0 Å². The van der Waals surface area contributed by atoms with Crippen molar-refractivity contribution in [3.05, 3.63) is 98.2 Å². The van der Waals surface area contributed by atoms with Crippen LogP contribution in [0.25, 0.3) is 10.9 Å². The maximum absolute atomic E-state index is 12.4. The summed E-state index contributed by atoms with van der Waals surface area (Å²) in [5, 5.41) is 6.36. The quantitative estimate of drug-likeness (QED) is 0.489. The smallest absolute Gasteiger partial charge is 0.258 e. The number of fused-ring (bicyclic) bond motifs is 1. The number of nitrogens with one attached hydrogen (secondary N) is 2. The van der Waals surface area contributed by atoms with Crippen LogP contribution < -0.4 is 10.9 Å². The molecule has 142 valence electrons. The van der Waals surface area contributed by atoms with Gasteiger partial charge in [-0.05, 0) is 48.1 Å². The third-order valence-electron chi connectivity index (χ3n) is 5.01. The Morgan fingerprint density at radius 1 is 1.07 bits per heavy atom. The van der Waals surface area contributed by atoms with Crippen molar-refractivity contribution in [2.45, 2.75) is 32.4 Å². The summed E-state index contributed by atoms with van der Waals surface area (Å²) < 4.78 is 0. The Morgan fingerprint density at radius 2 is 1.86 bits per heavy atom. The molecular weight excluding hydrogens is 366 g/mol. The van der Waals surface area contributed by atoms with Crippen LogP contribution in [0.2, 0.25) is 0 Å². The van der Waals surface area contributed by atoms with Crippen LogP contribution in [0.3, 0.4) is 0 Å². The van der Waals surface area contributed by atoms with E-state index in [0.29, 0.717) is 11.2 Å². The molecule has 4 aromatic rings. The minimum Gasteiger partial charge on any atom is -0.309 e. The fourth-order valence-electron chi connectivity index (χ4n) is 3.38. The predicted molar refractivity (Wildman–Crippen MR) is 116 cm³/mol. The largest absolute Gasteiger partial charge is 0.309 e. The number of thiophene rings is 1. The van der Waals surface area contributed by atoms with Gasteiger partial charge >= 0.3 is 0 Å². The zero-order valence-electron chi connectivity index (χ0n) is 16.0.